The zero-order valence-corrected chi connectivity index (χ0v) is 17.4. The molecule has 0 aliphatic carbocycles. The van der Waals surface area contributed by atoms with Crippen molar-refractivity contribution in [3.8, 4) is 11.5 Å². The number of ketones is 1. The fraction of sp³-hybridized carbons (Fsp3) is 0.160. The minimum absolute atomic E-state index is 0.0456. The molecular weight excluding hydrogens is 427 g/mol. The Bertz CT molecular complexity index is 1270. The second-order valence-electron chi connectivity index (χ2n) is 7.66. The molecule has 1 fully saturated rings. The van der Waals surface area contributed by atoms with E-state index >= 15 is 0 Å². The van der Waals surface area contributed by atoms with E-state index in [-0.39, 0.29) is 23.2 Å². The molecule has 33 heavy (non-hydrogen) atoms. The molecule has 1 N–H and O–H groups in total. The monoisotopic (exact) mass is 446 g/mol. The maximum absolute atomic E-state index is 14.9. The van der Waals surface area contributed by atoms with E-state index in [0.29, 0.717) is 30.3 Å². The molecule has 7 nitrogen and oxygen atoms in total. The molecule has 166 valence electrons. The van der Waals surface area contributed by atoms with Crippen molar-refractivity contribution in [2.75, 3.05) is 13.2 Å². The molecule has 5 rings (SSSR count). The van der Waals surface area contributed by atoms with Gasteiger partial charge >= 0.3 is 0 Å². The number of Topliss-reactive ketones (excluding diaryl/α,β-unsaturated/α-hetero) is 1. The molecule has 2 aliphatic heterocycles. The third-order valence-corrected chi connectivity index (χ3v) is 5.66. The number of likely N-dealkylation sites (tertiary alicyclic amines) is 1. The third kappa shape index (κ3) is 3.69. The number of ether oxygens (including phenoxy) is 2. The lowest BCUT2D eigenvalue weighted by molar-refractivity contribution is -0.140. The van der Waals surface area contributed by atoms with Crippen molar-refractivity contribution in [3.63, 3.8) is 0 Å². The van der Waals surface area contributed by atoms with Gasteiger partial charge in [-0.1, -0.05) is 18.2 Å². The Morgan fingerprint density at radius 1 is 1.03 bits per heavy atom. The van der Waals surface area contributed by atoms with E-state index in [1.165, 1.54) is 23.1 Å². The van der Waals surface area contributed by atoms with Crippen molar-refractivity contribution < 1.29 is 28.6 Å². The first kappa shape index (κ1) is 20.7. The van der Waals surface area contributed by atoms with Crippen LogP contribution >= 0.6 is 0 Å². The van der Waals surface area contributed by atoms with Crippen molar-refractivity contribution in [2.24, 2.45) is 0 Å². The number of hydrogen-bond acceptors (Lipinski definition) is 6. The number of nitrogens with zero attached hydrogens (tertiary/aromatic N) is 2. The maximum Gasteiger partial charge on any atom is 0.295 e. The molecule has 0 bridgehead atoms. The van der Waals surface area contributed by atoms with Crippen LogP contribution in [0.3, 0.4) is 0 Å². The number of rotatable bonds is 4. The van der Waals surface area contributed by atoms with Gasteiger partial charge in [0.2, 0.25) is 0 Å². The number of carbonyl (C=O) groups is 2. The first-order valence-electron chi connectivity index (χ1n) is 10.4. The summed E-state index contributed by atoms with van der Waals surface area (Å²) in [6.45, 7) is 0.804. The van der Waals surface area contributed by atoms with Crippen molar-refractivity contribution >= 4 is 17.4 Å². The molecule has 0 spiro atoms. The van der Waals surface area contributed by atoms with Gasteiger partial charge in [0.1, 0.15) is 24.8 Å². The highest BCUT2D eigenvalue weighted by Gasteiger charge is 2.47. The molecular formula is C25H19FN2O5. The lowest BCUT2D eigenvalue weighted by Crippen LogP contribution is -2.29. The molecule has 3 heterocycles. The van der Waals surface area contributed by atoms with Crippen LogP contribution in [0.25, 0.3) is 5.76 Å². The van der Waals surface area contributed by atoms with Crippen LogP contribution in [-0.4, -0.2) is 39.9 Å². The van der Waals surface area contributed by atoms with Gasteiger partial charge in [-0.25, -0.2) is 4.39 Å². The quantitative estimate of drug-likeness (QED) is 0.374. The number of fused-ring (bicyclic) bond motifs is 1. The summed E-state index contributed by atoms with van der Waals surface area (Å²) in [6.07, 6.45) is 3.14. The topological polar surface area (TPSA) is 89.0 Å². The van der Waals surface area contributed by atoms with Crippen molar-refractivity contribution in [2.45, 2.75) is 12.6 Å². The van der Waals surface area contributed by atoms with Crippen LogP contribution in [0.2, 0.25) is 0 Å². The molecule has 1 aromatic heterocycles. The molecule has 1 saturated heterocycles. The van der Waals surface area contributed by atoms with E-state index in [4.69, 9.17) is 9.47 Å². The summed E-state index contributed by atoms with van der Waals surface area (Å²) in [5.41, 5.74) is 0.913. The highest BCUT2D eigenvalue weighted by Crippen LogP contribution is 2.42. The molecule has 8 heteroatoms. The number of aromatic nitrogens is 1. The SMILES string of the molecule is O=C1C(=O)N(Cc2ccncc2)[C@@H](c2ccccc2F)C1=C(O)c1ccc2c(c1)OCCO2. The van der Waals surface area contributed by atoms with E-state index in [0.717, 1.165) is 0 Å². The summed E-state index contributed by atoms with van der Waals surface area (Å²) < 4.78 is 25.9. The Labute approximate surface area is 188 Å². The number of carbonyl (C=O) groups excluding carboxylic acids is 2. The molecule has 1 atom stereocenters. The molecule has 2 aliphatic rings. The van der Waals surface area contributed by atoms with Gasteiger partial charge in [0.25, 0.3) is 11.7 Å². The lowest BCUT2D eigenvalue weighted by atomic mass is 9.94. The fourth-order valence-electron chi connectivity index (χ4n) is 4.09. The van der Waals surface area contributed by atoms with Crippen LogP contribution < -0.4 is 9.47 Å². The van der Waals surface area contributed by atoms with Gasteiger partial charge in [0.05, 0.1) is 11.6 Å². The largest absolute Gasteiger partial charge is 0.507 e. The predicted octanol–water partition coefficient (Wildman–Crippen LogP) is 3.61. The van der Waals surface area contributed by atoms with Crippen LogP contribution in [0.15, 0.2) is 72.6 Å². The van der Waals surface area contributed by atoms with Gasteiger partial charge in [-0.3, -0.25) is 14.6 Å². The van der Waals surface area contributed by atoms with Crippen LogP contribution in [-0.2, 0) is 16.1 Å². The van der Waals surface area contributed by atoms with E-state index in [9.17, 15) is 19.1 Å². The average Bonchev–Trinajstić information content (AvgIpc) is 3.09. The maximum atomic E-state index is 14.9. The number of aliphatic hydroxyl groups excluding tert-OH is 1. The van der Waals surface area contributed by atoms with Gasteiger partial charge in [-0.05, 0) is 42.0 Å². The minimum Gasteiger partial charge on any atom is -0.507 e. The van der Waals surface area contributed by atoms with Crippen molar-refractivity contribution in [1.29, 1.82) is 0 Å². The smallest absolute Gasteiger partial charge is 0.295 e. The van der Waals surface area contributed by atoms with Crippen LogP contribution in [0.1, 0.15) is 22.7 Å². The minimum atomic E-state index is -1.10. The van der Waals surface area contributed by atoms with Gasteiger partial charge in [0.15, 0.2) is 11.5 Å². The fourth-order valence-corrected chi connectivity index (χ4v) is 4.09. The second kappa shape index (κ2) is 8.38. The molecule has 3 aromatic rings. The van der Waals surface area contributed by atoms with Gasteiger partial charge in [-0.2, -0.15) is 0 Å². The van der Waals surface area contributed by atoms with Crippen LogP contribution in [0.5, 0.6) is 11.5 Å². The summed E-state index contributed by atoms with van der Waals surface area (Å²) in [7, 11) is 0. The summed E-state index contributed by atoms with van der Waals surface area (Å²) in [6, 6.07) is 12.9. The van der Waals surface area contributed by atoms with Gasteiger partial charge in [0, 0.05) is 30.1 Å². The number of pyridine rings is 1. The van der Waals surface area contributed by atoms with Gasteiger partial charge in [-0.15, -0.1) is 0 Å². The Kier molecular flexibility index (Phi) is 5.26. The average molecular weight is 446 g/mol. The third-order valence-electron chi connectivity index (χ3n) is 5.66. The summed E-state index contributed by atoms with van der Waals surface area (Å²) in [4.78, 5) is 31.4. The normalized spacial score (nSPS) is 19.1. The summed E-state index contributed by atoms with van der Waals surface area (Å²) >= 11 is 0. The molecule has 0 unspecified atom stereocenters. The molecule has 2 aromatic carbocycles. The Hall–Kier alpha value is -4.20. The highest BCUT2D eigenvalue weighted by molar-refractivity contribution is 6.46. The zero-order chi connectivity index (χ0) is 22.9. The van der Waals surface area contributed by atoms with Crippen molar-refractivity contribution in [1.82, 2.24) is 9.88 Å². The first-order valence-corrected chi connectivity index (χ1v) is 10.4. The van der Waals surface area contributed by atoms with E-state index < -0.39 is 29.3 Å². The van der Waals surface area contributed by atoms with Gasteiger partial charge < -0.3 is 19.5 Å². The number of amides is 1. The molecule has 0 saturated carbocycles. The predicted molar refractivity (Wildman–Crippen MR) is 116 cm³/mol. The van der Waals surface area contributed by atoms with E-state index in [1.54, 1.807) is 48.8 Å². The van der Waals surface area contributed by atoms with E-state index in [2.05, 4.69) is 4.98 Å². The van der Waals surface area contributed by atoms with E-state index in [1.807, 2.05) is 0 Å². The zero-order valence-electron chi connectivity index (χ0n) is 17.4. The Balaban J connectivity index is 1.65. The summed E-state index contributed by atoms with van der Waals surface area (Å²) in [5.74, 6) is -1.77. The molecule has 1 amide bonds. The number of aliphatic hydroxyl groups is 1. The van der Waals surface area contributed by atoms with Crippen LogP contribution in [0, 0.1) is 5.82 Å². The Morgan fingerprint density at radius 2 is 1.76 bits per heavy atom. The molecule has 0 radical (unpaired) electrons. The lowest BCUT2D eigenvalue weighted by Gasteiger charge is -2.26. The number of hydrogen-bond donors (Lipinski definition) is 1. The number of halogens is 1. The van der Waals surface area contributed by atoms with Crippen molar-refractivity contribution in [3.05, 3.63) is 95.1 Å². The second-order valence-corrected chi connectivity index (χ2v) is 7.66. The first-order chi connectivity index (χ1) is 16.0. The standard InChI is InChI=1S/C25H19FN2O5/c26-18-4-2-1-3-17(18)22-21(23(29)16-5-6-19-20(13-16)33-12-11-32-19)24(30)25(31)28(22)14-15-7-9-27-10-8-15/h1-10,13,22,29H,11-12,14H2/t22-/m0/s1. The number of benzene rings is 2. The Morgan fingerprint density at radius 3 is 2.52 bits per heavy atom. The summed E-state index contributed by atoms with van der Waals surface area (Å²) in [5, 5.41) is 11.2. The van der Waals surface area contributed by atoms with Crippen LogP contribution in [0.4, 0.5) is 4.39 Å². The highest BCUT2D eigenvalue weighted by atomic mass is 19.1.